The number of nitrogens with zero attached hydrogens (tertiary/aromatic N) is 3. The third kappa shape index (κ3) is 4.10. The number of pyridine rings is 1. The zero-order chi connectivity index (χ0) is 16.9. The van der Waals surface area contributed by atoms with Gasteiger partial charge in [-0.15, -0.1) is 0 Å². The molecule has 0 radical (unpaired) electrons. The molecule has 0 bridgehead atoms. The Kier molecular flexibility index (Phi) is 5.43. The number of amides is 1. The monoisotopic (exact) mass is 365 g/mol. The summed E-state index contributed by atoms with van der Waals surface area (Å²) in [6.45, 7) is 2.76. The number of ether oxygens (including phenoxy) is 1. The second-order valence-corrected chi connectivity index (χ2v) is 6.26. The normalized spacial score (nSPS) is 14.6. The van der Waals surface area contributed by atoms with Crippen LogP contribution >= 0.6 is 23.2 Å². The SMILES string of the molecule is O=C(COc1ccc(Cl)cc1Cl)N1CCN(c2ccccn2)CC1. The van der Waals surface area contributed by atoms with Crippen LogP contribution in [0.1, 0.15) is 0 Å². The molecule has 7 heteroatoms. The molecule has 3 rings (SSSR count). The number of aromatic nitrogens is 1. The highest BCUT2D eigenvalue weighted by molar-refractivity contribution is 6.35. The maximum atomic E-state index is 12.3. The van der Waals surface area contributed by atoms with Crippen molar-refractivity contribution in [3.8, 4) is 5.75 Å². The Hall–Kier alpha value is -1.98. The minimum atomic E-state index is -0.0540. The predicted molar refractivity (Wildman–Crippen MR) is 95.0 cm³/mol. The van der Waals surface area contributed by atoms with Gasteiger partial charge < -0.3 is 14.5 Å². The number of carbonyl (C=O) groups excluding carboxylic acids is 1. The number of halogens is 2. The Morgan fingerprint density at radius 3 is 2.58 bits per heavy atom. The highest BCUT2D eigenvalue weighted by Crippen LogP contribution is 2.27. The van der Waals surface area contributed by atoms with Crippen LogP contribution in [-0.2, 0) is 4.79 Å². The van der Waals surface area contributed by atoms with Crippen LogP contribution in [-0.4, -0.2) is 48.6 Å². The standard InChI is InChI=1S/C17H17Cl2N3O2/c18-13-4-5-15(14(19)11-13)24-12-17(23)22-9-7-21(8-10-22)16-3-1-2-6-20-16/h1-6,11H,7-10,12H2. The van der Waals surface area contributed by atoms with Crippen molar-refractivity contribution in [2.75, 3.05) is 37.7 Å². The predicted octanol–water partition coefficient (Wildman–Crippen LogP) is 3.12. The van der Waals surface area contributed by atoms with Crippen molar-refractivity contribution in [3.05, 3.63) is 52.6 Å². The summed E-state index contributed by atoms with van der Waals surface area (Å²) in [5, 5.41) is 0.930. The van der Waals surface area contributed by atoms with Gasteiger partial charge in [0.15, 0.2) is 6.61 Å². The van der Waals surface area contributed by atoms with E-state index in [0.29, 0.717) is 28.9 Å². The summed E-state index contributed by atoms with van der Waals surface area (Å²) >= 11 is 11.9. The number of piperazine rings is 1. The van der Waals surface area contributed by atoms with E-state index in [1.807, 2.05) is 18.2 Å². The minimum Gasteiger partial charge on any atom is -0.482 e. The minimum absolute atomic E-state index is 0.0368. The van der Waals surface area contributed by atoms with E-state index in [2.05, 4.69) is 9.88 Å². The first-order valence-electron chi connectivity index (χ1n) is 7.65. The van der Waals surface area contributed by atoms with Gasteiger partial charge in [0.05, 0.1) is 5.02 Å². The molecule has 0 unspecified atom stereocenters. The van der Waals surface area contributed by atoms with Crippen LogP contribution in [0.2, 0.25) is 10.0 Å². The van der Waals surface area contributed by atoms with Gasteiger partial charge >= 0.3 is 0 Å². The molecule has 1 amide bonds. The number of rotatable bonds is 4. The Morgan fingerprint density at radius 1 is 1.12 bits per heavy atom. The van der Waals surface area contributed by atoms with E-state index in [9.17, 15) is 4.79 Å². The fraction of sp³-hybridized carbons (Fsp3) is 0.294. The van der Waals surface area contributed by atoms with Crippen LogP contribution in [0.3, 0.4) is 0 Å². The molecule has 2 heterocycles. The summed E-state index contributed by atoms with van der Waals surface area (Å²) in [7, 11) is 0. The second kappa shape index (κ2) is 7.73. The lowest BCUT2D eigenvalue weighted by Crippen LogP contribution is -2.50. The lowest BCUT2D eigenvalue weighted by Gasteiger charge is -2.35. The summed E-state index contributed by atoms with van der Waals surface area (Å²) in [5.41, 5.74) is 0. The van der Waals surface area contributed by atoms with Crippen molar-refractivity contribution in [3.63, 3.8) is 0 Å². The maximum absolute atomic E-state index is 12.3. The van der Waals surface area contributed by atoms with Gasteiger partial charge in [-0.05, 0) is 30.3 Å². The van der Waals surface area contributed by atoms with Gasteiger partial charge in [0.1, 0.15) is 11.6 Å². The van der Waals surface area contributed by atoms with Crippen molar-refractivity contribution in [2.45, 2.75) is 0 Å². The third-order valence-electron chi connectivity index (χ3n) is 3.85. The number of carbonyl (C=O) groups is 1. The quantitative estimate of drug-likeness (QED) is 0.834. The molecule has 0 saturated carbocycles. The molecule has 0 aliphatic carbocycles. The number of benzene rings is 1. The van der Waals surface area contributed by atoms with Crippen molar-refractivity contribution in [1.82, 2.24) is 9.88 Å². The van der Waals surface area contributed by atoms with E-state index in [1.54, 1.807) is 29.3 Å². The summed E-state index contributed by atoms with van der Waals surface area (Å²) in [4.78, 5) is 20.6. The van der Waals surface area contributed by atoms with Gasteiger partial charge in [0, 0.05) is 37.4 Å². The molecular formula is C17H17Cl2N3O2. The topological polar surface area (TPSA) is 45.7 Å². The zero-order valence-electron chi connectivity index (χ0n) is 13.0. The lowest BCUT2D eigenvalue weighted by molar-refractivity contribution is -0.133. The number of hydrogen-bond donors (Lipinski definition) is 0. The molecule has 1 saturated heterocycles. The van der Waals surface area contributed by atoms with E-state index in [0.717, 1.165) is 18.9 Å². The van der Waals surface area contributed by atoms with Crippen LogP contribution in [0.25, 0.3) is 0 Å². The number of hydrogen-bond acceptors (Lipinski definition) is 4. The van der Waals surface area contributed by atoms with E-state index in [1.165, 1.54) is 0 Å². The van der Waals surface area contributed by atoms with Gasteiger partial charge in [-0.25, -0.2) is 4.98 Å². The third-order valence-corrected chi connectivity index (χ3v) is 4.38. The maximum Gasteiger partial charge on any atom is 0.260 e. The smallest absolute Gasteiger partial charge is 0.260 e. The van der Waals surface area contributed by atoms with Gasteiger partial charge in [0.25, 0.3) is 5.91 Å². The summed E-state index contributed by atoms with van der Waals surface area (Å²) in [6.07, 6.45) is 1.77. The van der Waals surface area contributed by atoms with Gasteiger partial charge in [0.2, 0.25) is 0 Å². The first-order chi connectivity index (χ1) is 11.6. The van der Waals surface area contributed by atoms with Crippen LogP contribution in [0.4, 0.5) is 5.82 Å². The van der Waals surface area contributed by atoms with E-state index in [4.69, 9.17) is 27.9 Å². The average Bonchev–Trinajstić information content (AvgIpc) is 2.62. The summed E-state index contributed by atoms with van der Waals surface area (Å²) < 4.78 is 5.51. The molecule has 2 aromatic rings. The van der Waals surface area contributed by atoms with Gasteiger partial charge in [-0.1, -0.05) is 29.3 Å². The van der Waals surface area contributed by atoms with Crippen LogP contribution in [0.5, 0.6) is 5.75 Å². The molecule has 126 valence electrons. The molecule has 1 aromatic heterocycles. The molecule has 1 aromatic carbocycles. The highest BCUT2D eigenvalue weighted by Gasteiger charge is 2.22. The van der Waals surface area contributed by atoms with Crippen molar-refractivity contribution < 1.29 is 9.53 Å². The molecule has 1 fully saturated rings. The largest absolute Gasteiger partial charge is 0.482 e. The van der Waals surface area contributed by atoms with Crippen molar-refractivity contribution in [2.24, 2.45) is 0 Å². The van der Waals surface area contributed by atoms with E-state index in [-0.39, 0.29) is 12.5 Å². The molecule has 1 aliphatic rings. The Balaban J connectivity index is 1.50. The van der Waals surface area contributed by atoms with Crippen LogP contribution in [0.15, 0.2) is 42.6 Å². The van der Waals surface area contributed by atoms with Crippen molar-refractivity contribution >= 4 is 34.9 Å². The van der Waals surface area contributed by atoms with Crippen molar-refractivity contribution in [1.29, 1.82) is 0 Å². The Morgan fingerprint density at radius 2 is 1.92 bits per heavy atom. The fourth-order valence-corrected chi connectivity index (χ4v) is 3.01. The molecule has 24 heavy (non-hydrogen) atoms. The van der Waals surface area contributed by atoms with Crippen LogP contribution in [0, 0.1) is 0 Å². The molecule has 0 spiro atoms. The average molecular weight is 366 g/mol. The summed E-state index contributed by atoms with van der Waals surface area (Å²) in [6, 6.07) is 10.8. The van der Waals surface area contributed by atoms with Crippen LogP contribution < -0.4 is 9.64 Å². The van der Waals surface area contributed by atoms with Gasteiger partial charge in [-0.3, -0.25) is 4.79 Å². The molecule has 1 aliphatic heterocycles. The van der Waals surface area contributed by atoms with E-state index < -0.39 is 0 Å². The zero-order valence-corrected chi connectivity index (χ0v) is 14.5. The molecule has 0 N–H and O–H groups in total. The first kappa shape index (κ1) is 16.9. The molecular weight excluding hydrogens is 349 g/mol. The summed E-state index contributed by atoms with van der Waals surface area (Å²) in [5.74, 6) is 1.34. The van der Waals surface area contributed by atoms with E-state index >= 15 is 0 Å². The number of anilines is 1. The second-order valence-electron chi connectivity index (χ2n) is 5.42. The van der Waals surface area contributed by atoms with Gasteiger partial charge in [-0.2, -0.15) is 0 Å². The lowest BCUT2D eigenvalue weighted by atomic mass is 10.3. The molecule has 0 atom stereocenters. The fourth-order valence-electron chi connectivity index (χ4n) is 2.55. The Bertz CT molecular complexity index is 704. The highest BCUT2D eigenvalue weighted by atomic mass is 35.5. The molecule has 5 nitrogen and oxygen atoms in total. The Labute approximate surface area is 150 Å². The first-order valence-corrected chi connectivity index (χ1v) is 8.41.